The van der Waals surface area contributed by atoms with Crippen LogP contribution in [0.4, 0.5) is 0 Å². The van der Waals surface area contributed by atoms with Crippen molar-refractivity contribution in [3.8, 4) is 0 Å². The number of rotatable bonds is 5. The summed E-state index contributed by atoms with van der Waals surface area (Å²) >= 11 is 0. The highest BCUT2D eigenvalue weighted by atomic mass is 16.3. The van der Waals surface area contributed by atoms with E-state index in [1.165, 1.54) is 6.20 Å². The van der Waals surface area contributed by atoms with Gasteiger partial charge in [-0.15, -0.1) is 0 Å². The molecule has 1 aliphatic rings. The van der Waals surface area contributed by atoms with Gasteiger partial charge in [-0.2, -0.15) is 5.10 Å². The molecule has 1 saturated carbocycles. The lowest BCUT2D eigenvalue weighted by Crippen LogP contribution is -2.41. The van der Waals surface area contributed by atoms with Crippen molar-refractivity contribution in [1.82, 2.24) is 20.1 Å². The minimum absolute atomic E-state index is 0.135. The van der Waals surface area contributed by atoms with E-state index in [2.05, 4.69) is 15.4 Å². The fourth-order valence-corrected chi connectivity index (χ4v) is 2.89. The molecule has 122 valence electrons. The standard InChI is InChI=1S/C16H20N4O3/c1-20-8-12(7-18-20)15(11-5-13(22)6-11)19-16(23)14-4-10(9-21)2-3-17-14/h2-4,7-8,11,13,15,21-22H,5-6,9H2,1H3,(H,19,23)/t11?,13?,15-/m0/s1. The molecule has 2 aromatic rings. The number of carbonyl (C=O) groups is 1. The van der Waals surface area contributed by atoms with Crippen LogP contribution in [0.2, 0.25) is 0 Å². The van der Waals surface area contributed by atoms with Gasteiger partial charge in [0.2, 0.25) is 0 Å². The minimum atomic E-state index is -0.299. The summed E-state index contributed by atoms with van der Waals surface area (Å²) in [6.45, 7) is -0.135. The van der Waals surface area contributed by atoms with Gasteiger partial charge >= 0.3 is 0 Å². The molecular weight excluding hydrogens is 296 g/mol. The maximum Gasteiger partial charge on any atom is 0.270 e. The molecule has 0 bridgehead atoms. The molecule has 1 aliphatic carbocycles. The first-order valence-corrected chi connectivity index (χ1v) is 7.60. The van der Waals surface area contributed by atoms with Crippen LogP contribution in [0.3, 0.4) is 0 Å². The van der Waals surface area contributed by atoms with Gasteiger partial charge in [0.05, 0.1) is 24.9 Å². The Morgan fingerprint density at radius 3 is 2.91 bits per heavy atom. The summed E-state index contributed by atoms with van der Waals surface area (Å²) in [6.07, 6.45) is 6.12. The Balaban J connectivity index is 1.78. The number of pyridine rings is 1. The van der Waals surface area contributed by atoms with Crippen molar-refractivity contribution in [1.29, 1.82) is 0 Å². The van der Waals surface area contributed by atoms with Crippen LogP contribution < -0.4 is 5.32 Å². The third-order valence-electron chi connectivity index (χ3n) is 4.23. The molecule has 0 aliphatic heterocycles. The zero-order chi connectivity index (χ0) is 16.4. The number of nitrogens with zero attached hydrogens (tertiary/aromatic N) is 3. The van der Waals surface area contributed by atoms with Crippen molar-refractivity contribution < 1.29 is 15.0 Å². The Labute approximate surface area is 134 Å². The summed E-state index contributed by atoms with van der Waals surface area (Å²) in [7, 11) is 1.82. The number of hydrogen-bond donors (Lipinski definition) is 3. The average molecular weight is 316 g/mol. The Kier molecular flexibility index (Phi) is 4.40. The average Bonchev–Trinajstić information content (AvgIpc) is 2.96. The lowest BCUT2D eigenvalue weighted by molar-refractivity contribution is 0.0234. The quantitative estimate of drug-likeness (QED) is 0.748. The van der Waals surface area contributed by atoms with Gasteiger partial charge in [-0.25, -0.2) is 0 Å². The number of aliphatic hydroxyl groups is 2. The monoisotopic (exact) mass is 316 g/mol. The fourth-order valence-electron chi connectivity index (χ4n) is 2.89. The van der Waals surface area contributed by atoms with E-state index in [1.807, 2.05) is 13.2 Å². The Hall–Kier alpha value is -2.25. The zero-order valence-electron chi connectivity index (χ0n) is 12.9. The molecule has 3 N–H and O–H groups in total. The molecule has 0 spiro atoms. The molecule has 3 rings (SSSR count). The fraction of sp³-hybridized carbons (Fsp3) is 0.438. The van der Waals surface area contributed by atoms with Gasteiger partial charge in [-0.05, 0) is 36.5 Å². The lowest BCUT2D eigenvalue weighted by atomic mass is 9.75. The Morgan fingerprint density at radius 1 is 1.52 bits per heavy atom. The summed E-state index contributed by atoms with van der Waals surface area (Å²) < 4.78 is 1.69. The van der Waals surface area contributed by atoms with Crippen LogP contribution in [0.25, 0.3) is 0 Å². The molecule has 0 unspecified atom stereocenters. The van der Waals surface area contributed by atoms with E-state index < -0.39 is 0 Å². The van der Waals surface area contributed by atoms with Crippen molar-refractivity contribution in [3.05, 3.63) is 47.5 Å². The van der Waals surface area contributed by atoms with Gasteiger partial charge in [0.25, 0.3) is 5.91 Å². The molecule has 0 radical (unpaired) electrons. The van der Waals surface area contributed by atoms with E-state index in [4.69, 9.17) is 0 Å². The summed E-state index contributed by atoms with van der Waals surface area (Å²) in [5, 5.41) is 25.9. The number of aryl methyl sites for hydroxylation is 1. The van der Waals surface area contributed by atoms with Crippen molar-refractivity contribution in [2.45, 2.75) is 31.6 Å². The molecule has 2 aromatic heterocycles. The first kappa shape index (κ1) is 15.6. The highest BCUT2D eigenvalue weighted by molar-refractivity contribution is 5.92. The third-order valence-corrected chi connectivity index (χ3v) is 4.23. The molecule has 1 atom stereocenters. The SMILES string of the molecule is Cn1cc([C@@H](NC(=O)c2cc(CO)ccn2)C2CC(O)C2)cn1. The van der Waals surface area contributed by atoms with E-state index in [0.717, 1.165) is 5.56 Å². The van der Waals surface area contributed by atoms with Gasteiger partial charge in [0.1, 0.15) is 5.69 Å². The van der Waals surface area contributed by atoms with Gasteiger partial charge in [-0.3, -0.25) is 14.5 Å². The smallest absolute Gasteiger partial charge is 0.270 e. The van der Waals surface area contributed by atoms with Crippen LogP contribution in [0.1, 0.15) is 40.5 Å². The van der Waals surface area contributed by atoms with Gasteiger partial charge in [-0.1, -0.05) is 0 Å². The largest absolute Gasteiger partial charge is 0.393 e. The van der Waals surface area contributed by atoms with E-state index in [0.29, 0.717) is 18.4 Å². The predicted molar refractivity (Wildman–Crippen MR) is 82.3 cm³/mol. The van der Waals surface area contributed by atoms with Gasteiger partial charge < -0.3 is 15.5 Å². The normalized spacial score (nSPS) is 21.5. The third kappa shape index (κ3) is 3.40. The molecule has 7 nitrogen and oxygen atoms in total. The van der Waals surface area contributed by atoms with Crippen LogP contribution in [-0.2, 0) is 13.7 Å². The van der Waals surface area contributed by atoms with Crippen molar-refractivity contribution in [3.63, 3.8) is 0 Å². The van der Waals surface area contributed by atoms with Gasteiger partial charge in [0.15, 0.2) is 0 Å². The summed E-state index contributed by atoms with van der Waals surface area (Å²) in [5.74, 6) is -0.116. The predicted octanol–water partition coefficient (Wildman–Crippen LogP) is 0.549. The van der Waals surface area contributed by atoms with Crippen molar-refractivity contribution >= 4 is 5.91 Å². The molecule has 0 aromatic carbocycles. The molecule has 23 heavy (non-hydrogen) atoms. The topological polar surface area (TPSA) is 100 Å². The van der Waals surface area contributed by atoms with E-state index in [-0.39, 0.29) is 36.3 Å². The second-order valence-corrected chi connectivity index (χ2v) is 5.99. The first-order chi connectivity index (χ1) is 11.1. The minimum Gasteiger partial charge on any atom is -0.393 e. The highest BCUT2D eigenvalue weighted by Gasteiger charge is 2.36. The van der Waals surface area contributed by atoms with E-state index in [9.17, 15) is 15.0 Å². The number of aromatic nitrogens is 3. The highest BCUT2D eigenvalue weighted by Crippen LogP contribution is 2.38. The molecular formula is C16H20N4O3. The number of aliphatic hydroxyl groups excluding tert-OH is 2. The van der Waals surface area contributed by atoms with Crippen molar-refractivity contribution in [2.24, 2.45) is 13.0 Å². The summed E-state index contributed by atoms with van der Waals surface area (Å²) in [4.78, 5) is 16.5. The molecule has 1 amide bonds. The number of nitrogens with one attached hydrogen (secondary N) is 1. The number of hydrogen-bond acceptors (Lipinski definition) is 5. The van der Waals surface area contributed by atoms with Crippen LogP contribution in [0.15, 0.2) is 30.7 Å². The van der Waals surface area contributed by atoms with Crippen LogP contribution in [0, 0.1) is 5.92 Å². The molecule has 0 saturated heterocycles. The zero-order valence-corrected chi connectivity index (χ0v) is 12.9. The van der Waals surface area contributed by atoms with E-state index >= 15 is 0 Å². The summed E-state index contributed by atoms with van der Waals surface area (Å²) in [5.41, 5.74) is 1.82. The summed E-state index contributed by atoms with van der Waals surface area (Å²) in [6, 6.07) is 3.03. The van der Waals surface area contributed by atoms with Crippen LogP contribution in [0.5, 0.6) is 0 Å². The van der Waals surface area contributed by atoms with Crippen LogP contribution in [-0.4, -0.2) is 37.0 Å². The molecule has 7 heteroatoms. The maximum atomic E-state index is 12.5. The first-order valence-electron chi connectivity index (χ1n) is 7.60. The second kappa shape index (κ2) is 6.47. The maximum absolute atomic E-state index is 12.5. The van der Waals surface area contributed by atoms with Crippen LogP contribution >= 0.6 is 0 Å². The molecule has 1 fully saturated rings. The number of amides is 1. The van der Waals surface area contributed by atoms with Gasteiger partial charge in [0, 0.05) is 25.0 Å². The molecule has 2 heterocycles. The number of carbonyl (C=O) groups excluding carboxylic acids is 1. The van der Waals surface area contributed by atoms with Crippen molar-refractivity contribution in [2.75, 3.05) is 0 Å². The lowest BCUT2D eigenvalue weighted by Gasteiger charge is -2.37. The second-order valence-electron chi connectivity index (χ2n) is 5.99. The Morgan fingerprint density at radius 2 is 2.30 bits per heavy atom. The Bertz CT molecular complexity index is 694. The van der Waals surface area contributed by atoms with E-state index in [1.54, 1.807) is 23.0 Å².